The number of carbonyl (C=O) groups is 2. The van der Waals surface area contributed by atoms with Crippen molar-refractivity contribution in [1.29, 1.82) is 0 Å². The number of rotatable bonds is 7. The molecule has 39 heavy (non-hydrogen) atoms. The number of halogens is 1. The number of carbonyl (C=O) groups excluding carboxylic acids is 2. The van der Waals surface area contributed by atoms with Crippen LogP contribution in [-0.4, -0.2) is 48.6 Å². The maximum atomic E-state index is 13.4. The average Bonchev–Trinajstić information content (AvgIpc) is 3.55. The van der Waals surface area contributed by atoms with E-state index in [0.29, 0.717) is 40.5 Å². The van der Waals surface area contributed by atoms with Crippen LogP contribution in [0.3, 0.4) is 0 Å². The molecular weight excluding hydrogens is 507 g/mol. The molecule has 0 radical (unpaired) electrons. The van der Waals surface area contributed by atoms with Gasteiger partial charge in [0, 0.05) is 29.3 Å². The molecule has 3 aromatic rings. The Bertz CT molecular complexity index is 1410. The first-order chi connectivity index (χ1) is 19.0. The molecule has 1 saturated heterocycles. The molecule has 0 unspecified atom stereocenters. The first kappa shape index (κ1) is 25.1. The molecular formula is C29H27FN2O7. The van der Waals surface area contributed by atoms with E-state index in [1.54, 1.807) is 42.5 Å². The Morgan fingerprint density at radius 3 is 2.69 bits per heavy atom. The lowest BCUT2D eigenvalue weighted by molar-refractivity contribution is -0.142. The van der Waals surface area contributed by atoms with Crippen molar-refractivity contribution in [2.45, 2.75) is 43.6 Å². The van der Waals surface area contributed by atoms with Crippen LogP contribution in [0.4, 0.5) is 10.1 Å². The minimum absolute atomic E-state index is 0.0882. The minimum atomic E-state index is -0.608. The average molecular weight is 535 g/mol. The quantitative estimate of drug-likeness (QED) is 0.425. The first-order valence-electron chi connectivity index (χ1n) is 12.8. The molecule has 10 heteroatoms. The highest BCUT2D eigenvalue weighted by molar-refractivity contribution is 6.04. The minimum Gasteiger partial charge on any atom is -0.487 e. The van der Waals surface area contributed by atoms with E-state index in [0.717, 1.165) is 5.56 Å². The van der Waals surface area contributed by atoms with Gasteiger partial charge < -0.3 is 34.7 Å². The van der Waals surface area contributed by atoms with Gasteiger partial charge >= 0.3 is 0 Å². The number of aliphatic hydroxyl groups is 1. The summed E-state index contributed by atoms with van der Waals surface area (Å²) in [6.45, 7) is 0.0729. The summed E-state index contributed by atoms with van der Waals surface area (Å²) < 4.78 is 36.2. The zero-order chi connectivity index (χ0) is 26.9. The van der Waals surface area contributed by atoms with E-state index in [4.69, 9.17) is 18.9 Å². The standard InChI is InChI=1S/C29H27FN2O7/c30-18-3-1-2-16(8-18)13-31-27(34)12-20-11-22-21-10-19(5-7-23(21)39-28(22)26(14-33)38-20)32-29(35)17-4-6-24-25(9-17)37-15-36-24/h1-10,20,22,26,28,33H,11-15H2,(H,31,34)(H,32,35)/t20-,22-,26-,28+/m1/s1. The molecule has 3 aliphatic heterocycles. The molecule has 3 aliphatic rings. The van der Waals surface area contributed by atoms with Gasteiger partial charge in [-0.3, -0.25) is 9.59 Å². The van der Waals surface area contributed by atoms with Gasteiger partial charge in [-0.1, -0.05) is 12.1 Å². The van der Waals surface area contributed by atoms with E-state index in [1.807, 2.05) is 6.07 Å². The van der Waals surface area contributed by atoms with Crippen LogP contribution in [0.5, 0.6) is 17.2 Å². The monoisotopic (exact) mass is 534 g/mol. The van der Waals surface area contributed by atoms with Crippen LogP contribution in [0.2, 0.25) is 0 Å². The highest BCUT2D eigenvalue weighted by Crippen LogP contribution is 2.47. The number of anilines is 1. The molecule has 0 bridgehead atoms. The van der Waals surface area contributed by atoms with Gasteiger partial charge in [-0.25, -0.2) is 4.39 Å². The van der Waals surface area contributed by atoms with Crippen LogP contribution in [0, 0.1) is 5.82 Å². The highest BCUT2D eigenvalue weighted by atomic mass is 19.1. The molecule has 4 atom stereocenters. The Hall–Kier alpha value is -4.15. The fraction of sp³-hybridized carbons (Fsp3) is 0.310. The van der Waals surface area contributed by atoms with Crippen molar-refractivity contribution in [3.63, 3.8) is 0 Å². The van der Waals surface area contributed by atoms with Gasteiger partial charge in [-0.2, -0.15) is 0 Å². The summed E-state index contributed by atoms with van der Waals surface area (Å²) in [4.78, 5) is 25.5. The van der Waals surface area contributed by atoms with Crippen LogP contribution >= 0.6 is 0 Å². The second-order valence-corrected chi connectivity index (χ2v) is 9.79. The van der Waals surface area contributed by atoms with Crippen molar-refractivity contribution < 1.29 is 38.0 Å². The Morgan fingerprint density at radius 2 is 1.85 bits per heavy atom. The van der Waals surface area contributed by atoms with E-state index in [2.05, 4.69) is 10.6 Å². The third kappa shape index (κ3) is 5.25. The van der Waals surface area contributed by atoms with E-state index in [1.165, 1.54) is 12.1 Å². The fourth-order valence-corrected chi connectivity index (χ4v) is 5.33. The van der Waals surface area contributed by atoms with Crippen molar-refractivity contribution >= 4 is 17.5 Å². The molecule has 0 aromatic heterocycles. The molecule has 0 spiro atoms. The van der Waals surface area contributed by atoms with Crippen molar-refractivity contribution in [2.75, 3.05) is 18.7 Å². The van der Waals surface area contributed by atoms with Crippen molar-refractivity contribution in [1.82, 2.24) is 5.32 Å². The lowest BCUT2D eigenvalue weighted by Gasteiger charge is -2.37. The summed E-state index contributed by atoms with van der Waals surface area (Å²) >= 11 is 0. The molecule has 3 aromatic carbocycles. The number of nitrogens with one attached hydrogen (secondary N) is 2. The summed E-state index contributed by atoms with van der Waals surface area (Å²) in [5, 5.41) is 15.7. The second-order valence-electron chi connectivity index (χ2n) is 9.79. The van der Waals surface area contributed by atoms with Crippen LogP contribution in [-0.2, 0) is 16.1 Å². The number of ether oxygens (including phenoxy) is 4. The van der Waals surface area contributed by atoms with Gasteiger partial charge in [0.05, 0.1) is 19.1 Å². The summed E-state index contributed by atoms with van der Waals surface area (Å²) in [6, 6.07) is 16.5. The van der Waals surface area contributed by atoms with E-state index < -0.39 is 18.3 Å². The lowest BCUT2D eigenvalue weighted by atomic mass is 9.84. The van der Waals surface area contributed by atoms with Crippen LogP contribution in [0.15, 0.2) is 60.7 Å². The maximum Gasteiger partial charge on any atom is 0.255 e. The van der Waals surface area contributed by atoms with Crippen molar-refractivity contribution in [3.05, 3.63) is 83.2 Å². The van der Waals surface area contributed by atoms with E-state index in [9.17, 15) is 19.1 Å². The number of hydrogen-bond donors (Lipinski definition) is 3. The predicted octanol–water partition coefficient (Wildman–Crippen LogP) is 3.51. The van der Waals surface area contributed by atoms with Crippen LogP contribution in [0.25, 0.3) is 0 Å². The van der Waals surface area contributed by atoms with Crippen molar-refractivity contribution in [3.8, 4) is 17.2 Å². The summed E-state index contributed by atoms with van der Waals surface area (Å²) in [6.07, 6.45) is -0.871. The van der Waals surface area contributed by atoms with Gasteiger partial charge in [0.1, 0.15) is 23.8 Å². The Morgan fingerprint density at radius 1 is 1.00 bits per heavy atom. The zero-order valence-corrected chi connectivity index (χ0v) is 20.9. The first-order valence-corrected chi connectivity index (χ1v) is 12.8. The Balaban J connectivity index is 1.13. The number of hydrogen-bond acceptors (Lipinski definition) is 7. The Kier molecular flexibility index (Phi) is 6.80. The van der Waals surface area contributed by atoms with Crippen LogP contribution in [0.1, 0.15) is 40.2 Å². The second kappa shape index (κ2) is 10.5. The van der Waals surface area contributed by atoms with E-state index >= 15 is 0 Å². The highest BCUT2D eigenvalue weighted by Gasteiger charge is 2.46. The largest absolute Gasteiger partial charge is 0.487 e. The molecule has 1 fully saturated rings. The molecule has 3 N–H and O–H groups in total. The fourth-order valence-electron chi connectivity index (χ4n) is 5.33. The Labute approximate surface area is 223 Å². The third-order valence-electron chi connectivity index (χ3n) is 7.18. The van der Waals surface area contributed by atoms with Gasteiger partial charge in [0.15, 0.2) is 11.5 Å². The lowest BCUT2D eigenvalue weighted by Crippen LogP contribution is -2.47. The third-order valence-corrected chi connectivity index (χ3v) is 7.18. The summed E-state index contributed by atoms with van der Waals surface area (Å²) in [7, 11) is 0. The van der Waals surface area contributed by atoms with E-state index in [-0.39, 0.29) is 49.9 Å². The van der Waals surface area contributed by atoms with Gasteiger partial charge in [-0.05, 0) is 60.5 Å². The molecule has 202 valence electrons. The molecule has 0 aliphatic carbocycles. The normalized spacial score (nSPS) is 22.4. The number of amides is 2. The van der Waals surface area contributed by atoms with Gasteiger partial charge in [-0.15, -0.1) is 0 Å². The van der Waals surface area contributed by atoms with Gasteiger partial charge in [0.25, 0.3) is 5.91 Å². The molecule has 2 amide bonds. The summed E-state index contributed by atoms with van der Waals surface area (Å²) in [5.41, 5.74) is 2.58. The molecule has 3 heterocycles. The molecule has 9 nitrogen and oxygen atoms in total. The number of fused-ring (bicyclic) bond motifs is 4. The topological polar surface area (TPSA) is 115 Å². The predicted molar refractivity (Wildman–Crippen MR) is 137 cm³/mol. The van der Waals surface area contributed by atoms with Gasteiger partial charge in [0.2, 0.25) is 12.7 Å². The SMILES string of the molecule is O=C(C[C@H]1C[C@@H]2c3cc(NC(=O)c4ccc5c(c4)OCO5)ccc3O[C@@H]2[C@@H](CO)O1)NCc1cccc(F)c1. The zero-order valence-electron chi connectivity index (χ0n) is 20.9. The maximum absolute atomic E-state index is 13.4. The summed E-state index contributed by atoms with van der Waals surface area (Å²) in [5.74, 6) is 0.762. The smallest absolute Gasteiger partial charge is 0.255 e. The molecule has 0 saturated carbocycles. The number of aliphatic hydroxyl groups excluding tert-OH is 1. The molecule has 6 rings (SSSR count). The van der Waals surface area contributed by atoms with Crippen molar-refractivity contribution in [2.24, 2.45) is 0 Å². The van der Waals surface area contributed by atoms with Crippen LogP contribution < -0.4 is 24.8 Å². The number of benzene rings is 3.